The molecule has 0 bridgehead atoms. The van der Waals surface area contributed by atoms with Crippen LogP contribution in [0.25, 0.3) is 0 Å². The molecule has 0 aliphatic rings. The second-order valence-corrected chi connectivity index (χ2v) is 4.49. The normalized spacial score (nSPS) is 13.2. The second-order valence-electron chi connectivity index (χ2n) is 4.49. The van der Waals surface area contributed by atoms with Crippen LogP contribution in [0.3, 0.4) is 0 Å². The number of anilines is 1. The first-order valence-electron chi connectivity index (χ1n) is 5.78. The van der Waals surface area contributed by atoms with Crippen LogP contribution in [0.2, 0.25) is 0 Å². The van der Waals surface area contributed by atoms with E-state index >= 15 is 0 Å². The summed E-state index contributed by atoms with van der Waals surface area (Å²) in [6, 6.07) is 6.84. The Balaban J connectivity index is 2.47. The highest BCUT2D eigenvalue weighted by Crippen LogP contribution is 2.19. The highest BCUT2D eigenvalue weighted by Gasteiger charge is 2.29. The third kappa shape index (κ3) is 4.50. The van der Waals surface area contributed by atoms with E-state index in [1.807, 2.05) is 43.3 Å². The molecule has 0 fully saturated rings. The van der Waals surface area contributed by atoms with Crippen LogP contribution in [0.1, 0.15) is 13.3 Å². The lowest BCUT2D eigenvalue weighted by molar-refractivity contribution is -1.38. The van der Waals surface area contributed by atoms with Gasteiger partial charge in [0, 0.05) is 32.3 Å². The Hall–Kier alpha value is -1.34. The molecule has 102 valence electrons. The molecule has 1 unspecified atom stereocenters. The summed E-state index contributed by atoms with van der Waals surface area (Å²) in [7, 11) is 3.88. The molecule has 6 nitrogen and oxygen atoms in total. The molecule has 1 aromatic carbocycles. The van der Waals surface area contributed by atoms with Crippen LogP contribution in [0.5, 0.6) is 5.75 Å². The van der Waals surface area contributed by atoms with Crippen molar-refractivity contribution in [3.05, 3.63) is 24.3 Å². The van der Waals surface area contributed by atoms with E-state index in [1.54, 1.807) is 0 Å². The monoisotopic (exact) mass is 257 g/mol. The van der Waals surface area contributed by atoms with Gasteiger partial charge in [-0.3, -0.25) is 0 Å². The van der Waals surface area contributed by atoms with Gasteiger partial charge >= 0.3 is 0 Å². The minimum Gasteiger partial charge on any atom is -0.493 e. The maximum atomic E-state index is 8.89. The molecule has 0 spiro atoms. The topological polar surface area (TPSA) is 73.2 Å². The Morgan fingerprint density at radius 2 is 1.94 bits per heavy atom. The molecule has 0 saturated carbocycles. The number of rotatable bonds is 6. The molecule has 0 amide bonds. The molecule has 0 aliphatic heterocycles. The Kier molecular flexibility index (Phi) is 4.92. The quantitative estimate of drug-likeness (QED) is 0.536. The molecule has 0 heterocycles. The molecule has 1 rings (SSSR count). The Bertz CT molecular complexity index is 377. The van der Waals surface area contributed by atoms with Gasteiger partial charge < -0.3 is 9.64 Å². The van der Waals surface area contributed by atoms with E-state index in [-0.39, 0.29) is 0 Å². The van der Waals surface area contributed by atoms with Gasteiger partial charge in [-0.1, -0.05) is 6.07 Å². The van der Waals surface area contributed by atoms with Gasteiger partial charge in [-0.15, -0.1) is 15.6 Å². The number of ether oxygens (including phenoxy) is 1. The van der Waals surface area contributed by atoms with Gasteiger partial charge in [0.25, 0.3) is 0 Å². The van der Waals surface area contributed by atoms with E-state index in [4.69, 9.17) is 20.4 Å². The molecular weight excluding hydrogens is 236 g/mol. The van der Waals surface area contributed by atoms with Crippen molar-refractivity contribution in [2.75, 3.05) is 25.6 Å². The third-order valence-corrected chi connectivity index (χ3v) is 2.73. The fourth-order valence-electron chi connectivity index (χ4n) is 1.37. The van der Waals surface area contributed by atoms with Crippen molar-refractivity contribution in [1.29, 1.82) is 0 Å². The standard InChI is InChI=1S/C12H21N2O4/c1-10(14(15,16)17)7-8-18-12-6-4-5-11(9-12)13(2)3/h4-6,9-10,15-17H,7-8H2,1-3H3/q+1. The van der Waals surface area contributed by atoms with Gasteiger partial charge in [0.1, 0.15) is 5.75 Å². The van der Waals surface area contributed by atoms with Crippen LogP contribution in [0, 0.1) is 0 Å². The van der Waals surface area contributed by atoms with Crippen LogP contribution in [0.4, 0.5) is 5.69 Å². The number of hydroxylamine groups is 3. The van der Waals surface area contributed by atoms with Gasteiger partial charge in [0.15, 0.2) is 6.04 Å². The van der Waals surface area contributed by atoms with Crippen LogP contribution in [-0.2, 0) is 0 Å². The zero-order valence-corrected chi connectivity index (χ0v) is 10.9. The molecule has 0 saturated heterocycles. The molecule has 6 heteroatoms. The lowest BCUT2D eigenvalue weighted by atomic mass is 10.2. The van der Waals surface area contributed by atoms with Crippen molar-refractivity contribution in [3.8, 4) is 5.75 Å². The van der Waals surface area contributed by atoms with Gasteiger partial charge in [-0.25, -0.2) is 0 Å². The number of quaternary nitrogens is 1. The van der Waals surface area contributed by atoms with Crippen LogP contribution in [0.15, 0.2) is 24.3 Å². The van der Waals surface area contributed by atoms with E-state index in [1.165, 1.54) is 6.92 Å². The van der Waals surface area contributed by atoms with Crippen molar-refractivity contribution in [1.82, 2.24) is 0 Å². The number of hydrogen-bond acceptors (Lipinski definition) is 5. The summed E-state index contributed by atoms with van der Waals surface area (Å²) >= 11 is 0. The van der Waals surface area contributed by atoms with Crippen molar-refractivity contribution in [2.24, 2.45) is 0 Å². The average molecular weight is 257 g/mol. The minimum atomic E-state index is -2.03. The number of hydrogen-bond donors (Lipinski definition) is 3. The van der Waals surface area contributed by atoms with Gasteiger partial charge in [-0.05, 0) is 19.1 Å². The Morgan fingerprint density at radius 3 is 2.50 bits per heavy atom. The predicted molar refractivity (Wildman–Crippen MR) is 66.0 cm³/mol. The fraction of sp³-hybridized carbons (Fsp3) is 0.500. The first-order chi connectivity index (χ1) is 8.30. The second kappa shape index (κ2) is 6.01. The molecule has 0 aliphatic carbocycles. The summed E-state index contributed by atoms with van der Waals surface area (Å²) in [5.74, 6) is 0.709. The maximum Gasteiger partial charge on any atom is 0.187 e. The van der Waals surface area contributed by atoms with Crippen LogP contribution in [-0.4, -0.2) is 47.3 Å². The van der Waals surface area contributed by atoms with Gasteiger partial charge in [0.2, 0.25) is 0 Å². The van der Waals surface area contributed by atoms with Gasteiger partial charge in [-0.2, -0.15) is 0 Å². The average Bonchev–Trinajstić information content (AvgIpc) is 2.28. The third-order valence-electron chi connectivity index (χ3n) is 2.73. The summed E-state index contributed by atoms with van der Waals surface area (Å²) in [6.07, 6.45) is 0.315. The summed E-state index contributed by atoms with van der Waals surface area (Å²) < 4.78 is 5.49. The van der Waals surface area contributed by atoms with Crippen molar-refractivity contribution in [2.45, 2.75) is 19.4 Å². The molecular formula is C12H21N2O4+. The van der Waals surface area contributed by atoms with Gasteiger partial charge in [0.05, 0.1) is 11.6 Å². The summed E-state index contributed by atoms with van der Waals surface area (Å²) in [5, 5.41) is 26.7. The fourth-order valence-corrected chi connectivity index (χ4v) is 1.37. The minimum absolute atomic E-state index is 0.291. The zero-order valence-electron chi connectivity index (χ0n) is 10.9. The van der Waals surface area contributed by atoms with Crippen molar-refractivity contribution in [3.63, 3.8) is 0 Å². The first kappa shape index (κ1) is 14.7. The first-order valence-corrected chi connectivity index (χ1v) is 5.78. The molecule has 18 heavy (non-hydrogen) atoms. The summed E-state index contributed by atoms with van der Waals surface area (Å²) in [5.41, 5.74) is 1.03. The molecule has 0 aromatic heterocycles. The van der Waals surface area contributed by atoms with E-state index in [0.717, 1.165) is 5.69 Å². The zero-order chi connectivity index (χ0) is 13.8. The van der Waals surface area contributed by atoms with E-state index < -0.39 is 11.0 Å². The van der Waals surface area contributed by atoms with E-state index in [0.29, 0.717) is 18.8 Å². The van der Waals surface area contributed by atoms with Crippen LogP contribution < -0.4 is 9.64 Å². The number of benzene rings is 1. The smallest absolute Gasteiger partial charge is 0.187 e. The predicted octanol–water partition coefficient (Wildman–Crippen LogP) is 1.89. The van der Waals surface area contributed by atoms with E-state index in [2.05, 4.69) is 0 Å². The molecule has 1 atom stereocenters. The highest BCUT2D eigenvalue weighted by molar-refractivity contribution is 5.49. The SMILES string of the molecule is CC(CCOc1cccc(N(C)C)c1)[N+](O)(O)O. The van der Waals surface area contributed by atoms with Crippen LogP contribution >= 0.6 is 0 Å². The highest BCUT2D eigenvalue weighted by atomic mass is 17.1. The lowest BCUT2D eigenvalue weighted by Crippen LogP contribution is -2.46. The largest absolute Gasteiger partial charge is 0.493 e. The number of nitrogens with zero attached hydrogens (tertiary/aromatic N) is 2. The summed E-state index contributed by atoms with van der Waals surface area (Å²) in [4.78, 5) is -0.0618. The molecule has 1 aromatic rings. The maximum absolute atomic E-state index is 8.89. The Morgan fingerprint density at radius 1 is 1.28 bits per heavy atom. The lowest BCUT2D eigenvalue weighted by Gasteiger charge is -2.19. The Labute approximate surface area is 107 Å². The van der Waals surface area contributed by atoms with Crippen molar-refractivity contribution < 1.29 is 25.3 Å². The summed E-state index contributed by atoms with van der Waals surface area (Å²) in [6.45, 7) is 1.80. The molecule has 3 N–H and O–H groups in total. The molecule has 0 radical (unpaired) electrons. The van der Waals surface area contributed by atoms with Crippen molar-refractivity contribution >= 4 is 5.69 Å². The van der Waals surface area contributed by atoms with E-state index in [9.17, 15) is 0 Å².